The fourth-order valence-electron chi connectivity index (χ4n) is 4.01. The van der Waals surface area contributed by atoms with E-state index in [0.29, 0.717) is 0 Å². The Morgan fingerprint density at radius 1 is 0.724 bits per heavy atom. The van der Waals surface area contributed by atoms with Crippen molar-refractivity contribution in [2.75, 3.05) is 6.16 Å². The number of benzene rings is 3. The van der Waals surface area contributed by atoms with Crippen molar-refractivity contribution in [3.63, 3.8) is 0 Å². The van der Waals surface area contributed by atoms with Crippen LogP contribution in [0.2, 0.25) is 0 Å². The van der Waals surface area contributed by atoms with Crippen LogP contribution in [-0.2, 0) is 13.6 Å². The van der Waals surface area contributed by atoms with Gasteiger partial charge < -0.3 is 17.0 Å². The minimum Gasteiger partial charge on any atom is -1.00 e. The summed E-state index contributed by atoms with van der Waals surface area (Å²) in [6, 6.07) is 33.4. The van der Waals surface area contributed by atoms with Crippen molar-refractivity contribution in [3.8, 4) is 0 Å². The molecule has 29 heavy (non-hydrogen) atoms. The molecule has 3 aromatic carbocycles. The number of imidazole rings is 1. The maximum absolute atomic E-state index is 2.32. The van der Waals surface area contributed by atoms with E-state index in [0.717, 1.165) is 19.1 Å². The third kappa shape index (κ3) is 4.69. The number of rotatable bonds is 7. The number of halogens is 1. The van der Waals surface area contributed by atoms with E-state index in [2.05, 4.69) is 126 Å². The molecule has 4 heteroatoms. The first-order valence-corrected chi connectivity index (χ1v) is 11.8. The molecule has 4 aromatic rings. The molecule has 148 valence electrons. The second kappa shape index (κ2) is 10.0. The Morgan fingerprint density at radius 3 is 1.55 bits per heavy atom. The van der Waals surface area contributed by atoms with Gasteiger partial charge in [0.15, 0.2) is 0 Å². The number of aryl methyl sites for hydroxylation is 2. The molecular weight excluding hydrogens is 439 g/mol. The summed E-state index contributed by atoms with van der Waals surface area (Å²) < 4.78 is 4.39. The van der Waals surface area contributed by atoms with Crippen molar-refractivity contribution < 1.29 is 21.5 Å². The molecule has 0 aliphatic heterocycles. The molecular formula is C25H27BrN2P+. The average Bonchev–Trinajstić information content (AvgIpc) is 3.18. The summed E-state index contributed by atoms with van der Waals surface area (Å²) in [4.78, 5) is 0. The molecule has 2 nitrogen and oxygen atoms in total. The zero-order valence-electron chi connectivity index (χ0n) is 16.7. The van der Waals surface area contributed by atoms with Gasteiger partial charge in [0.25, 0.3) is 0 Å². The lowest BCUT2D eigenvalue weighted by Gasteiger charge is -2.27. The van der Waals surface area contributed by atoms with Gasteiger partial charge in [-0.3, -0.25) is 0 Å². The Kier molecular flexibility index (Phi) is 7.41. The van der Waals surface area contributed by atoms with Crippen LogP contribution >= 0.6 is 7.26 Å². The Hall–Kier alpha value is -2.22. The van der Waals surface area contributed by atoms with Crippen LogP contribution in [0.15, 0.2) is 110 Å². The Morgan fingerprint density at radius 2 is 1.17 bits per heavy atom. The average molecular weight is 466 g/mol. The highest BCUT2D eigenvalue weighted by atomic mass is 79.9. The van der Waals surface area contributed by atoms with E-state index in [1.807, 2.05) is 0 Å². The monoisotopic (exact) mass is 465 g/mol. The molecule has 0 radical (unpaired) electrons. The first-order valence-electron chi connectivity index (χ1n) is 9.85. The molecule has 0 unspecified atom stereocenters. The van der Waals surface area contributed by atoms with E-state index >= 15 is 0 Å². The Labute approximate surface area is 185 Å². The second-order valence-electron chi connectivity index (χ2n) is 7.21. The third-order valence-corrected chi connectivity index (χ3v) is 9.85. The fraction of sp³-hybridized carbons (Fsp3) is 0.160. The summed E-state index contributed by atoms with van der Waals surface area (Å²) in [6.07, 6.45) is 8.73. The molecule has 1 heterocycles. The predicted octanol–water partition coefficient (Wildman–Crippen LogP) is 0.701. The molecule has 0 aliphatic carbocycles. The molecule has 0 aliphatic rings. The quantitative estimate of drug-likeness (QED) is 0.280. The number of nitrogens with zero attached hydrogens (tertiary/aromatic N) is 2. The highest BCUT2D eigenvalue weighted by Gasteiger charge is 2.44. The lowest BCUT2D eigenvalue weighted by Crippen LogP contribution is -3.00. The number of aromatic nitrogens is 2. The standard InChI is InChI=1S/C25H27N2P.BrH/c1-26-19-20-27(22-26)18-11-21-28(23-12-5-2-6-13-23,24-14-7-3-8-15-24)25-16-9-4-10-17-25;/h2-10,12-17,19-20,22H,11,18,21H2,1H3;1H/q+2;/p-1. The van der Waals surface area contributed by atoms with Crippen molar-refractivity contribution in [2.24, 2.45) is 7.05 Å². The van der Waals surface area contributed by atoms with Crippen molar-refractivity contribution in [1.29, 1.82) is 0 Å². The van der Waals surface area contributed by atoms with Gasteiger partial charge in [-0.25, -0.2) is 9.13 Å². The van der Waals surface area contributed by atoms with Crippen molar-refractivity contribution in [2.45, 2.75) is 13.0 Å². The summed E-state index contributed by atoms with van der Waals surface area (Å²) in [6.45, 7) is 1.04. The van der Waals surface area contributed by atoms with Crippen LogP contribution in [0.1, 0.15) is 6.42 Å². The lowest BCUT2D eigenvalue weighted by atomic mass is 10.3. The van der Waals surface area contributed by atoms with E-state index in [9.17, 15) is 0 Å². The molecule has 0 N–H and O–H groups in total. The first-order chi connectivity index (χ1) is 13.8. The summed E-state index contributed by atoms with van der Waals surface area (Å²) in [7, 11) is 0.372. The highest BCUT2D eigenvalue weighted by Crippen LogP contribution is 2.55. The van der Waals surface area contributed by atoms with Crippen LogP contribution in [0.3, 0.4) is 0 Å². The normalized spacial score (nSPS) is 11.1. The van der Waals surface area contributed by atoms with E-state index in [4.69, 9.17) is 0 Å². The minimum absolute atomic E-state index is 0. The smallest absolute Gasteiger partial charge is 0.243 e. The molecule has 0 amide bonds. The molecule has 0 atom stereocenters. The van der Waals surface area contributed by atoms with Crippen molar-refractivity contribution in [1.82, 2.24) is 4.57 Å². The molecule has 0 spiro atoms. The topological polar surface area (TPSA) is 8.81 Å². The number of hydrogen-bond donors (Lipinski definition) is 0. The van der Waals surface area contributed by atoms with Gasteiger partial charge in [-0.15, -0.1) is 0 Å². The van der Waals surface area contributed by atoms with Gasteiger partial charge in [-0.1, -0.05) is 54.6 Å². The van der Waals surface area contributed by atoms with E-state index in [1.54, 1.807) is 0 Å². The van der Waals surface area contributed by atoms with Crippen LogP contribution in [0, 0.1) is 0 Å². The van der Waals surface area contributed by atoms with E-state index < -0.39 is 7.26 Å². The van der Waals surface area contributed by atoms with Crippen molar-refractivity contribution in [3.05, 3.63) is 110 Å². The van der Waals surface area contributed by atoms with Crippen LogP contribution in [0.25, 0.3) is 0 Å². The summed E-state index contributed by atoms with van der Waals surface area (Å²) >= 11 is 0. The highest BCUT2D eigenvalue weighted by molar-refractivity contribution is 7.95. The summed E-state index contributed by atoms with van der Waals surface area (Å²) in [5.41, 5.74) is 0. The first kappa shape index (κ1) is 21.5. The van der Waals surface area contributed by atoms with E-state index in [-0.39, 0.29) is 17.0 Å². The Balaban J connectivity index is 0.00000240. The molecule has 4 rings (SSSR count). The number of hydrogen-bond acceptors (Lipinski definition) is 0. The van der Waals surface area contributed by atoms with Gasteiger partial charge in [0.2, 0.25) is 6.33 Å². The summed E-state index contributed by atoms with van der Waals surface area (Å²) in [5.74, 6) is 0. The van der Waals surface area contributed by atoms with Gasteiger partial charge in [0.05, 0.1) is 19.8 Å². The van der Waals surface area contributed by atoms with Crippen molar-refractivity contribution >= 4 is 23.2 Å². The predicted molar refractivity (Wildman–Crippen MR) is 120 cm³/mol. The van der Waals surface area contributed by atoms with Crippen LogP contribution in [0.5, 0.6) is 0 Å². The largest absolute Gasteiger partial charge is 1.00 e. The SMILES string of the molecule is C[n+]1ccn(CCC[P+](c2ccccc2)(c2ccccc2)c2ccccc2)c1.[Br-]. The molecule has 0 saturated heterocycles. The zero-order chi connectivity index (χ0) is 19.2. The summed E-state index contributed by atoms with van der Waals surface area (Å²) in [5, 5.41) is 4.39. The van der Waals surface area contributed by atoms with Gasteiger partial charge in [0.1, 0.15) is 35.6 Å². The molecule has 0 fully saturated rings. The van der Waals surface area contributed by atoms with Gasteiger partial charge in [0, 0.05) is 6.42 Å². The second-order valence-corrected chi connectivity index (χ2v) is 10.8. The van der Waals surface area contributed by atoms with E-state index in [1.165, 1.54) is 15.9 Å². The maximum atomic E-state index is 2.32. The fourth-order valence-corrected chi connectivity index (χ4v) is 8.33. The molecule has 0 bridgehead atoms. The zero-order valence-corrected chi connectivity index (χ0v) is 19.2. The molecule has 1 aromatic heterocycles. The van der Waals surface area contributed by atoms with Crippen LogP contribution in [0.4, 0.5) is 0 Å². The molecule has 0 saturated carbocycles. The van der Waals surface area contributed by atoms with Crippen LogP contribution in [-0.4, -0.2) is 10.7 Å². The Bertz CT molecular complexity index is 904. The van der Waals surface area contributed by atoms with Gasteiger partial charge >= 0.3 is 0 Å². The van der Waals surface area contributed by atoms with Crippen LogP contribution < -0.4 is 37.5 Å². The third-order valence-electron chi connectivity index (χ3n) is 5.32. The minimum atomic E-state index is -1.70. The van der Waals surface area contributed by atoms with Gasteiger partial charge in [-0.2, -0.15) is 0 Å². The lowest BCUT2D eigenvalue weighted by molar-refractivity contribution is -0.671. The maximum Gasteiger partial charge on any atom is 0.243 e. The van der Waals surface area contributed by atoms with Gasteiger partial charge in [-0.05, 0) is 36.4 Å².